The number of thiazole rings is 1. The number of methoxy groups -OCH3 is 1. The van der Waals surface area contributed by atoms with Gasteiger partial charge in [0.2, 0.25) is 0 Å². The molecule has 0 radical (unpaired) electrons. The Labute approximate surface area is 110 Å². The molecule has 0 saturated carbocycles. The first-order valence-electron chi connectivity index (χ1n) is 5.61. The van der Waals surface area contributed by atoms with Gasteiger partial charge in [-0.15, -0.1) is 11.3 Å². The van der Waals surface area contributed by atoms with Gasteiger partial charge in [0, 0.05) is 5.38 Å². The van der Waals surface area contributed by atoms with Gasteiger partial charge >= 0.3 is 0 Å². The van der Waals surface area contributed by atoms with Crippen molar-refractivity contribution in [2.24, 2.45) is 0 Å². The zero-order valence-corrected chi connectivity index (χ0v) is 11.1. The number of hydrogen-bond donors (Lipinski definition) is 1. The molecule has 0 aliphatic carbocycles. The summed E-state index contributed by atoms with van der Waals surface area (Å²) in [4.78, 5) is 15.8. The van der Waals surface area contributed by atoms with E-state index in [-0.39, 0.29) is 5.91 Å². The van der Waals surface area contributed by atoms with Gasteiger partial charge in [-0.25, -0.2) is 4.98 Å². The van der Waals surface area contributed by atoms with Crippen molar-refractivity contribution in [2.45, 2.75) is 13.3 Å². The lowest BCUT2D eigenvalue weighted by molar-refractivity contribution is 0.102. The summed E-state index contributed by atoms with van der Waals surface area (Å²) < 4.78 is 5.27. The lowest BCUT2D eigenvalue weighted by Crippen LogP contribution is -2.13. The highest BCUT2D eigenvalue weighted by Crippen LogP contribution is 2.26. The number of hydrogen-bond acceptors (Lipinski definition) is 4. The van der Waals surface area contributed by atoms with E-state index >= 15 is 0 Å². The monoisotopic (exact) mass is 262 g/mol. The van der Waals surface area contributed by atoms with Gasteiger partial charge in [0.05, 0.1) is 18.3 Å². The Balaban J connectivity index is 2.21. The number of aryl methyl sites for hydroxylation is 1. The number of nitrogens with one attached hydrogen (secondary N) is 1. The number of aromatic nitrogens is 1. The predicted octanol–water partition coefficient (Wildman–Crippen LogP) is 2.97. The van der Waals surface area contributed by atoms with E-state index in [1.54, 1.807) is 18.0 Å². The summed E-state index contributed by atoms with van der Waals surface area (Å²) in [5.74, 6) is 0.441. The van der Waals surface area contributed by atoms with E-state index in [1.165, 1.54) is 16.9 Å². The van der Waals surface area contributed by atoms with Crippen LogP contribution in [0.2, 0.25) is 0 Å². The first kappa shape index (κ1) is 12.6. The molecule has 1 heterocycles. The fourth-order valence-corrected chi connectivity index (χ4v) is 2.10. The van der Waals surface area contributed by atoms with Crippen molar-refractivity contribution in [3.05, 3.63) is 40.3 Å². The minimum atomic E-state index is -0.223. The van der Waals surface area contributed by atoms with Crippen LogP contribution in [-0.2, 0) is 6.42 Å². The van der Waals surface area contributed by atoms with Crippen LogP contribution in [0.4, 0.5) is 5.69 Å². The fourth-order valence-electron chi connectivity index (χ4n) is 1.57. The number of benzene rings is 1. The molecule has 0 aliphatic heterocycles. The molecular weight excluding hydrogens is 248 g/mol. The lowest BCUT2D eigenvalue weighted by Gasteiger charge is -2.10. The number of carbonyl (C=O) groups excluding carboxylic acids is 1. The minimum absolute atomic E-state index is 0.223. The van der Waals surface area contributed by atoms with Gasteiger partial charge in [-0.2, -0.15) is 0 Å². The second kappa shape index (κ2) is 5.64. The third-order valence-electron chi connectivity index (χ3n) is 2.59. The highest BCUT2D eigenvalue weighted by atomic mass is 32.1. The second-order valence-corrected chi connectivity index (χ2v) is 4.43. The maximum atomic E-state index is 11.9. The summed E-state index contributed by atoms with van der Waals surface area (Å²) in [6.07, 6.45) is 0.927. The largest absolute Gasteiger partial charge is 0.495 e. The van der Waals surface area contributed by atoms with E-state index in [0.29, 0.717) is 17.1 Å². The molecule has 2 aromatic rings. The molecule has 0 unspecified atom stereocenters. The molecule has 0 saturated heterocycles. The zero-order chi connectivity index (χ0) is 13.0. The van der Waals surface area contributed by atoms with Crippen LogP contribution in [0.25, 0.3) is 0 Å². The van der Waals surface area contributed by atoms with Crippen LogP contribution in [0.3, 0.4) is 0 Å². The van der Waals surface area contributed by atoms with E-state index in [4.69, 9.17) is 4.74 Å². The van der Waals surface area contributed by atoms with E-state index in [9.17, 15) is 4.79 Å². The Bertz CT molecular complexity index is 538. The quantitative estimate of drug-likeness (QED) is 0.921. The van der Waals surface area contributed by atoms with Gasteiger partial charge in [-0.05, 0) is 24.1 Å². The Morgan fingerprint density at radius 2 is 2.33 bits per heavy atom. The third-order valence-corrected chi connectivity index (χ3v) is 3.17. The predicted molar refractivity (Wildman–Crippen MR) is 72.4 cm³/mol. The number of anilines is 1. The van der Waals surface area contributed by atoms with Crippen molar-refractivity contribution in [3.8, 4) is 5.75 Å². The Hall–Kier alpha value is -1.88. The molecule has 0 spiro atoms. The van der Waals surface area contributed by atoms with Crippen molar-refractivity contribution in [2.75, 3.05) is 12.4 Å². The van der Waals surface area contributed by atoms with Crippen molar-refractivity contribution in [1.82, 2.24) is 4.98 Å². The number of carbonyl (C=O) groups is 1. The topological polar surface area (TPSA) is 51.2 Å². The SMILES string of the molecule is CCc1ccc(NC(=O)c2cscn2)c(OC)c1. The summed E-state index contributed by atoms with van der Waals surface area (Å²) in [6, 6.07) is 5.75. The Kier molecular flexibility index (Phi) is 3.94. The van der Waals surface area contributed by atoms with Crippen molar-refractivity contribution in [3.63, 3.8) is 0 Å². The first-order valence-corrected chi connectivity index (χ1v) is 6.55. The minimum Gasteiger partial charge on any atom is -0.495 e. The lowest BCUT2D eigenvalue weighted by atomic mass is 10.1. The van der Waals surface area contributed by atoms with Crippen LogP contribution in [0, 0.1) is 0 Å². The second-order valence-electron chi connectivity index (χ2n) is 3.72. The van der Waals surface area contributed by atoms with E-state index < -0.39 is 0 Å². The van der Waals surface area contributed by atoms with Crippen LogP contribution in [-0.4, -0.2) is 18.0 Å². The molecule has 94 valence electrons. The van der Waals surface area contributed by atoms with Gasteiger partial charge in [-0.1, -0.05) is 13.0 Å². The van der Waals surface area contributed by atoms with Gasteiger partial charge in [0.25, 0.3) is 5.91 Å². The maximum absolute atomic E-state index is 11.9. The van der Waals surface area contributed by atoms with Gasteiger partial charge in [0.1, 0.15) is 11.4 Å². The van der Waals surface area contributed by atoms with Gasteiger partial charge in [-0.3, -0.25) is 4.79 Å². The van der Waals surface area contributed by atoms with Gasteiger partial charge in [0.15, 0.2) is 0 Å². The molecule has 0 aliphatic rings. The molecule has 4 nitrogen and oxygen atoms in total. The maximum Gasteiger partial charge on any atom is 0.275 e. The van der Waals surface area contributed by atoms with Crippen molar-refractivity contribution in [1.29, 1.82) is 0 Å². The summed E-state index contributed by atoms with van der Waals surface area (Å²) in [6.45, 7) is 2.07. The molecule has 0 fully saturated rings. The molecule has 1 N–H and O–H groups in total. The molecule has 2 rings (SSSR count). The molecule has 0 atom stereocenters. The number of nitrogens with zero attached hydrogens (tertiary/aromatic N) is 1. The zero-order valence-electron chi connectivity index (χ0n) is 10.3. The van der Waals surface area contributed by atoms with Crippen LogP contribution in [0.15, 0.2) is 29.1 Å². The van der Waals surface area contributed by atoms with Crippen LogP contribution >= 0.6 is 11.3 Å². The molecule has 1 aromatic carbocycles. The highest BCUT2D eigenvalue weighted by Gasteiger charge is 2.11. The molecule has 5 heteroatoms. The summed E-state index contributed by atoms with van der Waals surface area (Å²) >= 11 is 1.39. The third kappa shape index (κ3) is 2.68. The van der Waals surface area contributed by atoms with E-state index in [2.05, 4.69) is 17.2 Å². The Morgan fingerprint density at radius 1 is 1.50 bits per heavy atom. The molecule has 1 amide bonds. The summed E-state index contributed by atoms with van der Waals surface area (Å²) in [7, 11) is 1.59. The van der Waals surface area contributed by atoms with Gasteiger partial charge < -0.3 is 10.1 Å². The standard InChI is InChI=1S/C13H14N2O2S/c1-3-9-4-5-10(12(6-9)17-2)15-13(16)11-7-18-8-14-11/h4-8H,3H2,1-2H3,(H,15,16). The molecule has 1 aromatic heterocycles. The van der Waals surface area contributed by atoms with Crippen molar-refractivity contribution >= 4 is 22.9 Å². The normalized spacial score (nSPS) is 10.1. The molecule has 0 bridgehead atoms. The van der Waals surface area contributed by atoms with E-state index in [1.807, 2.05) is 18.2 Å². The first-order chi connectivity index (χ1) is 8.74. The van der Waals surface area contributed by atoms with E-state index in [0.717, 1.165) is 6.42 Å². The summed E-state index contributed by atoms with van der Waals surface area (Å²) in [5.41, 5.74) is 3.87. The van der Waals surface area contributed by atoms with Crippen LogP contribution < -0.4 is 10.1 Å². The van der Waals surface area contributed by atoms with Crippen molar-refractivity contribution < 1.29 is 9.53 Å². The fraction of sp³-hybridized carbons (Fsp3) is 0.231. The molecular formula is C13H14N2O2S. The Morgan fingerprint density at radius 3 is 2.94 bits per heavy atom. The summed E-state index contributed by atoms with van der Waals surface area (Å²) in [5, 5.41) is 4.51. The highest BCUT2D eigenvalue weighted by molar-refractivity contribution is 7.07. The number of ether oxygens (including phenoxy) is 1. The molecule has 18 heavy (non-hydrogen) atoms. The van der Waals surface area contributed by atoms with Crippen LogP contribution in [0.5, 0.6) is 5.75 Å². The average molecular weight is 262 g/mol. The van der Waals surface area contributed by atoms with Crippen LogP contribution in [0.1, 0.15) is 23.0 Å². The smallest absolute Gasteiger partial charge is 0.275 e. The number of amides is 1. The number of rotatable bonds is 4. The average Bonchev–Trinajstić information content (AvgIpc) is 2.93.